The van der Waals surface area contributed by atoms with Gasteiger partial charge in [0.1, 0.15) is 0 Å². The molecule has 0 radical (unpaired) electrons. The molecule has 1 aromatic carbocycles. The van der Waals surface area contributed by atoms with Crippen LogP contribution < -0.4 is 5.32 Å². The van der Waals surface area contributed by atoms with Gasteiger partial charge in [-0.1, -0.05) is 36.8 Å². The monoisotopic (exact) mass is 341 g/mol. The summed E-state index contributed by atoms with van der Waals surface area (Å²) < 4.78 is 0. The Morgan fingerprint density at radius 1 is 1.08 bits per heavy atom. The first-order valence-corrected chi connectivity index (χ1v) is 10.1. The van der Waals surface area contributed by atoms with Crippen molar-refractivity contribution in [3.8, 4) is 0 Å². The van der Waals surface area contributed by atoms with E-state index in [-0.39, 0.29) is 6.03 Å². The van der Waals surface area contributed by atoms with Crippen LogP contribution in [0, 0.1) is 5.92 Å². The molecule has 2 saturated heterocycles. The van der Waals surface area contributed by atoms with Crippen molar-refractivity contribution in [2.45, 2.75) is 63.6 Å². The molecular formula is C21H31N3O. The van der Waals surface area contributed by atoms with E-state index in [0.717, 1.165) is 32.5 Å². The van der Waals surface area contributed by atoms with Crippen LogP contribution in [0.5, 0.6) is 0 Å². The zero-order valence-corrected chi connectivity index (χ0v) is 15.2. The lowest BCUT2D eigenvalue weighted by Crippen LogP contribution is -2.51. The summed E-state index contributed by atoms with van der Waals surface area (Å²) in [6.45, 7) is 4.04. The number of amides is 2. The maximum absolute atomic E-state index is 13.0. The number of nitrogens with zero attached hydrogens (tertiary/aromatic N) is 2. The van der Waals surface area contributed by atoms with Gasteiger partial charge in [0, 0.05) is 31.7 Å². The van der Waals surface area contributed by atoms with Gasteiger partial charge in [0.15, 0.2) is 0 Å². The van der Waals surface area contributed by atoms with E-state index in [1.54, 1.807) is 0 Å². The Balaban J connectivity index is 1.36. The molecule has 1 aromatic rings. The second kappa shape index (κ2) is 7.77. The van der Waals surface area contributed by atoms with E-state index in [4.69, 9.17) is 0 Å². The molecule has 136 valence electrons. The van der Waals surface area contributed by atoms with Gasteiger partial charge in [-0.05, 0) is 56.6 Å². The average molecular weight is 341 g/mol. The lowest BCUT2D eigenvalue weighted by Gasteiger charge is -2.37. The van der Waals surface area contributed by atoms with Gasteiger partial charge in [-0.3, -0.25) is 0 Å². The predicted octanol–water partition coefficient (Wildman–Crippen LogP) is 3.63. The number of fused-ring (bicyclic) bond motifs is 1. The molecule has 2 heterocycles. The number of benzene rings is 1. The van der Waals surface area contributed by atoms with Crippen LogP contribution in [0.15, 0.2) is 30.3 Å². The van der Waals surface area contributed by atoms with Crippen LogP contribution >= 0.6 is 0 Å². The molecule has 0 aromatic heterocycles. The van der Waals surface area contributed by atoms with E-state index in [1.165, 1.54) is 44.2 Å². The molecule has 2 atom stereocenters. The molecular weight excluding hydrogens is 310 g/mol. The van der Waals surface area contributed by atoms with Gasteiger partial charge in [0.2, 0.25) is 0 Å². The van der Waals surface area contributed by atoms with Gasteiger partial charge in [-0.25, -0.2) is 4.79 Å². The third kappa shape index (κ3) is 4.17. The third-order valence-corrected chi connectivity index (χ3v) is 6.35. The Morgan fingerprint density at radius 3 is 2.68 bits per heavy atom. The van der Waals surface area contributed by atoms with Crippen molar-refractivity contribution in [2.75, 3.05) is 19.6 Å². The molecule has 2 aliphatic heterocycles. The van der Waals surface area contributed by atoms with Crippen molar-refractivity contribution < 1.29 is 4.79 Å². The second-order valence-electron chi connectivity index (χ2n) is 8.17. The highest BCUT2D eigenvalue weighted by Gasteiger charge is 2.33. The number of urea groups is 1. The van der Waals surface area contributed by atoms with Crippen molar-refractivity contribution in [3.63, 3.8) is 0 Å². The van der Waals surface area contributed by atoms with E-state index >= 15 is 0 Å². The molecule has 0 bridgehead atoms. The number of nitrogens with one attached hydrogen (secondary N) is 1. The Labute approximate surface area is 151 Å². The maximum atomic E-state index is 13.0. The molecule has 2 amide bonds. The van der Waals surface area contributed by atoms with Gasteiger partial charge in [0.05, 0.1) is 0 Å². The Morgan fingerprint density at radius 2 is 1.92 bits per heavy atom. The lowest BCUT2D eigenvalue weighted by molar-refractivity contribution is 0.141. The summed E-state index contributed by atoms with van der Waals surface area (Å²) in [7, 11) is 0. The number of hydrogen-bond donors (Lipinski definition) is 1. The molecule has 4 nitrogen and oxygen atoms in total. The summed E-state index contributed by atoms with van der Waals surface area (Å²) in [5, 5.41) is 3.37. The quantitative estimate of drug-likeness (QED) is 0.888. The van der Waals surface area contributed by atoms with Gasteiger partial charge < -0.3 is 15.1 Å². The Hall–Kier alpha value is -1.55. The van der Waals surface area contributed by atoms with Crippen LogP contribution in [0.25, 0.3) is 0 Å². The molecule has 1 N–H and O–H groups in total. The average Bonchev–Trinajstić information content (AvgIpc) is 3.05. The third-order valence-electron chi connectivity index (χ3n) is 6.35. The fraction of sp³-hybridized carbons (Fsp3) is 0.667. The van der Waals surface area contributed by atoms with Crippen molar-refractivity contribution >= 4 is 6.03 Å². The van der Waals surface area contributed by atoms with E-state index in [1.807, 2.05) is 6.07 Å². The highest BCUT2D eigenvalue weighted by atomic mass is 16.2. The smallest absolute Gasteiger partial charge is 0.317 e. The fourth-order valence-electron chi connectivity index (χ4n) is 4.63. The standard InChI is InChI=1S/C21H31N3O/c25-21(22-19-11-13-23-12-5-10-20(23)14-19)24(16-18-8-4-9-18)15-17-6-2-1-3-7-17/h1-3,6-7,18-20H,4-5,8-16H2,(H,22,25)/t19-,20-/m1/s1. The van der Waals surface area contributed by atoms with E-state index in [2.05, 4.69) is 39.4 Å². The lowest BCUT2D eigenvalue weighted by atomic mass is 9.85. The fourth-order valence-corrected chi connectivity index (χ4v) is 4.63. The van der Waals surface area contributed by atoms with E-state index in [0.29, 0.717) is 18.0 Å². The number of rotatable bonds is 5. The minimum Gasteiger partial charge on any atom is -0.335 e. The zero-order chi connectivity index (χ0) is 17.1. The van der Waals surface area contributed by atoms with Crippen LogP contribution in [0.4, 0.5) is 4.79 Å². The normalized spacial score (nSPS) is 26.7. The van der Waals surface area contributed by atoms with Gasteiger partial charge in [-0.2, -0.15) is 0 Å². The highest BCUT2D eigenvalue weighted by Crippen LogP contribution is 2.29. The second-order valence-corrected chi connectivity index (χ2v) is 8.17. The first-order chi connectivity index (χ1) is 12.3. The van der Waals surface area contributed by atoms with Crippen molar-refractivity contribution in [2.24, 2.45) is 5.92 Å². The Kier molecular flexibility index (Phi) is 5.25. The molecule has 3 fully saturated rings. The van der Waals surface area contributed by atoms with Crippen LogP contribution in [0.1, 0.15) is 50.5 Å². The summed E-state index contributed by atoms with van der Waals surface area (Å²) in [6.07, 6.45) is 8.75. The summed E-state index contributed by atoms with van der Waals surface area (Å²) in [4.78, 5) is 17.7. The number of hydrogen-bond acceptors (Lipinski definition) is 2. The summed E-state index contributed by atoms with van der Waals surface area (Å²) in [5.74, 6) is 0.700. The molecule has 4 heteroatoms. The predicted molar refractivity (Wildman–Crippen MR) is 100 cm³/mol. The van der Waals surface area contributed by atoms with Crippen LogP contribution in [0.3, 0.4) is 0 Å². The molecule has 4 rings (SSSR count). The highest BCUT2D eigenvalue weighted by molar-refractivity contribution is 5.74. The van der Waals surface area contributed by atoms with E-state index in [9.17, 15) is 4.79 Å². The summed E-state index contributed by atoms with van der Waals surface area (Å²) in [6, 6.07) is 11.6. The van der Waals surface area contributed by atoms with Crippen molar-refractivity contribution in [1.82, 2.24) is 15.1 Å². The van der Waals surface area contributed by atoms with Gasteiger partial charge in [0.25, 0.3) is 0 Å². The number of piperidine rings is 1. The minimum absolute atomic E-state index is 0.146. The van der Waals surface area contributed by atoms with Crippen molar-refractivity contribution in [1.29, 1.82) is 0 Å². The molecule has 3 aliphatic rings. The summed E-state index contributed by atoms with van der Waals surface area (Å²) >= 11 is 0. The molecule has 0 spiro atoms. The Bertz CT molecular complexity index is 572. The zero-order valence-electron chi connectivity index (χ0n) is 15.2. The van der Waals surface area contributed by atoms with Gasteiger partial charge in [-0.15, -0.1) is 0 Å². The maximum Gasteiger partial charge on any atom is 0.317 e. The SMILES string of the molecule is O=C(N[C@@H]1CCN2CCC[C@@H]2C1)N(Cc1ccccc1)CC1CCC1. The topological polar surface area (TPSA) is 35.6 Å². The first-order valence-electron chi connectivity index (χ1n) is 10.1. The number of carbonyl (C=O) groups excluding carboxylic acids is 1. The van der Waals surface area contributed by atoms with Crippen molar-refractivity contribution in [3.05, 3.63) is 35.9 Å². The van der Waals surface area contributed by atoms with Crippen LogP contribution in [-0.2, 0) is 6.54 Å². The van der Waals surface area contributed by atoms with E-state index < -0.39 is 0 Å². The molecule has 0 unspecified atom stereocenters. The largest absolute Gasteiger partial charge is 0.335 e. The molecule has 1 saturated carbocycles. The molecule has 1 aliphatic carbocycles. The molecule has 25 heavy (non-hydrogen) atoms. The summed E-state index contributed by atoms with van der Waals surface area (Å²) in [5.41, 5.74) is 1.22. The first kappa shape index (κ1) is 16.9. The van der Waals surface area contributed by atoms with Gasteiger partial charge >= 0.3 is 6.03 Å². The van der Waals surface area contributed by atoms with Crippen LogP contribution in [0.2, 0.25) is 0 Å². The van der Waals surface area contributed by atoms with Crippen LogP contribution in [-0.4, -0.2) is 47.5 Å². The minimum atomic E-state index is 0.146. The number of carbonyl (C=O) groups is 1.